The van der Waals surface area contributed by atoms with Crippen LogP contribution < -0.4 is 10.0 Å². The number of sulfone groups is 1. The van der Waals surface area contributed by atoms with Crippen LogP contribution in [-0.2, 0) is 19.9 Å². The van der Waals surface area contributed by atoms with E-state index in [0.717, 1.165) is 5.56 Å². The van der Waals surface area contributed by atoms with Gasteiger partial charge in [0.15, 0.2) is 9.84 Å². The Morgan fingerprint density at radius 3 is 2.36 bits per heavy atom. The molecule has 2 aromatic carbocycles. The van der Waals surface area contributed by atoms with Crippen LogP contribution in [0, 0.1) is 13.8 Å². The molecule has 0 radical (unpaired) electrons. The quantitative estimate of drug-likeness (QED) is 0.676. The number of aryl methyl sites for hydroxylation is 2. The van der Waals surface area contributed by atoms with E-state index in [0.29, 0.717) is 11.3 Å². The van der Waals surface area contributed by atoms with Gasteiger partial charge in [0.05, 0.1) is 10.6 Å². The molecule has 0 bridgehead atoms. The van der Waals surface area contributed by atoms with E-state index in [9.17, 15) is 21.6 Å². The third kappa shape index (κ3) is 5.80. The molecule has 0 aromatic heterocycles. The van der Waals surface area contributed by atoms with Gasteiger partial charge in [-0.2, -0.15) is 0 Å². The molecular weight excluding hydrogens is 400 g/mol. The molecule has 0 fully saturated rings. The monoisotopic (exact) mass is 424 g/mol. The first kappa shape index (κ1) is 21.9. The average molecular weight is 425 g/mol. The van der Waals surface area contributed by atoms with Crippen molar-refractivity contribution in [3.63, 3.8) is 0 Å². The molecular formula is C19H24N2O5S2. The molecule has 2 N–H and O–H groups in total. The van der Waals surface area contributed by atoms with Gasteiger partial charge in [-0.3, -0.25) is 9.52 Å². The topological polar surface area (TPSA) is 109 Å². The van der Waals surface area contributed by atoms with E-state index in [1.165, 1.54) is 19.1 Å². The maximum Gasteiger partial charge on any atom is 0.261 e. The highest BCUT2D eigenvalue weighted by molar-refractivity contribution is 7.92. The van der Waals surface area contributed by atoms with Gasteiger partial charge in [-0.05, 0) is 49.2 Å². The molecule has 9 heteroatoms. The minimum Gasteiger partial charge on any atom is -0.351 e. The van der Waals surface area contributed by atoms with E-state index in [1.54, 1.807) is 31.2 Å². The van der Waals surface area contributed by atoms with Crippen molar-refractivity contribution in [3.05, 3.63) is 59.2 Å². The summed E-state index contributed by atoms with van der Waals surface area (Å²) in [6, 6.07) is 11.2. The number of carbonyl (C=O) groups excluding carboxylic acids is 1. The molecule has 0 saturated heterocycles. The summed E-state index contributed by atoms with van der Waals surface area (Å²) >= 11 is 0. The highest BCUT2D eigenvalue weighted by Crippen LogP contribution is 2.20. The van der Waals surface area contributed by atoms with Crippen molar-refractivity contribution >= 4 is 31.5 Å². The van der Waals surface area contributed by atoms with Crippen molar-refractivity contribution in [2.75, 3.05) is 22.8 Å². The number of amides is 1. The molecule has 0 spiro atoms. The van der Waals surface area contributed by atoms with Gasteiger partial charge < -0.3 is 5.32 Å². The van der Waals surface area contributed by atoms with E-state index >= 15 is 0 Å². The maximum atomic E-state index is 12.7. The SMILES string of the molecule is CCS(=O)(=O)CCNC(=O)c1cc(S(=O)(=O)Nc2cccc(C)c2)ccc1C. The van der Waals surface area contributed by atoms with Crippen LogP contribution in [0.5, 0.6) is 0 Å². The lowest BCUT2D eigenvalue weighted by molar-refractivity contribution is 0.0955. The Morgan fingerprint density at radius 1 is 1.00 bits per heavy atom. The van der Waals surface area contributed by atoms with Crippen LogP contribution >= 0.6 is 0 Å². The molecule has 0 heterocycles. The zero-order valence-corrected chi connectivity index (χ0v) is 17.7. The molecule has 0 aliphatic heterocycles. The zero-order chi connectivity index (χ0) is 20.9. The fourth-order valence-corrected chi connectivity index (χ4v) is 4.27. The number of nitrogens with one attached hydrogen (secondary N) is 2. The van der Waals surface area contributed by atoms with Crippen LogP contribution in [0.2, 0.25) is 0 Å². The molecule has 28 heavy (non-hydrogen) atoms. The Labute approximate surface area is 166 Å². The van der Waals surface area contributed by atoms with Gasteiger partial charge in [0.2, 0.25) is 0 Å². The first-order valence-electron chi connectivity index (χ1n) is 8.73. The van der Waals surface area contributed by atoms with Crippen molar-refractivity contribution in [1.29, 1.82) is 0 Å². The van der Waals surface area contributed by atoms with Crippen molar-refractivity contribution < 1.29 is 21.6 Å². The highest BCUT2D eigenvalue weighted by Gasteiger charge is 2.19. The van der Waals surface area contributed by atoms with Crippen molar-refractivity contribution in [2.24, 2.45) is 0 Å². The maximum absolute atomic E-state index is 12.7. The summed E-state index contributed by atoms with van der Waals surface area (Å²) in [5, 5.41) is 2.53. The summed E-state index contributed by atoms with van der Waals surface area (Å²) in [5.41, 5.74) is 2.11. The van der Waals surface area contributed by atoms with Gasteiger partial charge in [0.25, 0.3) is 15.9 Å². The Bertz CT molecular complexity index is 1080. The van der Waals surface area contributed by atoms with Gasteiger partial charge in [-0.25, -0.2) is 16.8 Å². The van der Waals surface area contributed by atoms with Crippen molar-refractivity contribution in [2.45, 2.75) is 25.7 Å². The van der Waals surface area contributed by atoms with Gasteiger partial charge >= 0.3 is 0 Å². The molecule has 1 amide bonds. The number of rotatable bonds is 8. The Hall–Kier alpha value is -2.39. The average Bonchev–Trinajstić information content (AvgIpc) is 2.61. The fourth-order valence-electron chi connectivity index (χ4n) is 2.50. The summed E-state index contributed by atoms with van der Waals surface area (Å²) in [6.45, 7) is 5.04. The molecule has 2 aromatic rings. The second-order valence-electron chi connectivity index (χ2n) is 6.44. The summed E-state index contributed by atoms with van der Waals surface area (Å²) in [6.07, 6.45) is 0. The Kier molecular flexibility index (Phi) is 6.84. The standard InChI is InChI=1S/C19H24N2O5S2/c1-4-27(23,24)11-10-20-19(22)18-13-17(9-8-15(18)3)28(25,26)21-16-7-5-6-14(2)12-16/h5-9,12-13,21H,4,10-11H2,1-3H3,(H,20,22). The van der Waals surface area contributed by atoms with E-state index < -0.39 is 25.8 Å². The normalized spacial score (nSPS) is 11.8. The Balaban J connectivity index is 2.20. The van der Waals surface area contributed by atoms with E-state index in [4.69, 9.17) is 0 Å². The second kappa shape index (κ2) is 8.74. The van der Waals surface area contributed by atoms with Crippen LogP contribution in [-0.4, -0.2) is 40.8 Å². The van der Waals surface area contributed by atoms with Crippen LogP contribution in [0.4, 0.5) is 5.69 Å². The molecule has 0 aliphatic rings. The number of sulfonamides is 1. The lowest BCUT2D eigenvalue weighted by Crippen LogP contribution is -2.30. The molecule has 0 unspecified atom stereocenters. The molecule has 0 saturated carbocycles. The van der Waals surface area contributed by atoms with Crippen LogP contribution in [0.1, 0.15) is 28.4 Å². The van der Waals surface area contributed by atoms with Crippen LogP contribution in [0.3, 0.4) is 0 Å². The molecule has 7 nitrogen and oxygen atoms in total. The highest BCUT2D eigenvalue weighted by atomic mass is 32.2. The second-order valence-corrected chi connectivity index (χ2v) is 10.6. The third-order valence-electron chi connectivity index (χ3n) is 4.17. The minimum atomic E-state index is -3.88. The fraction of sp³-hybridized carbons (Fsp3) is 0.316. The first-order chi connectivity index (χ1) is 13.0. The number of benzene rings is 2. The summed E-state index contributed by atoms with van der Waals surface area (Å²) in [7, 11) is -7.07. The molecule has 0 atom stereocenters. The zero-order valence-electron chi connectivity index (χ0n) is 16.0. The van der Waals surface area contributed by atoms with Crippen molar-refractivity contribution in [3.8, 4) is 0 Å². The number of carbonyl (C=O) groups is 1. The van der Waals surface area contributed by atoms with Gasteiger partial charge in [0.1, 0.15) is 0 Å². The first-order valence-corrected chi connectivity index (χ1v) is 12.0. The summed E-state index contributed by atoms with van der Waals surface area (Å²) in [5.74, 6) is -0.682. The van der Waals surface area contributed by atoms with Gasteiger partial charge in [0, 0.05) is 23.5 Å². The number of hydrogen-bond donors (Lipinski definition) is 2. The molecule has 152 valence electrons. The smallest absolute Gasteiger partial charge is 0.261 e. The van der Waals surface area contributed by atoms with Crippen molar-refractivity contribution in [1.82, 2.24) is 5.32 Å². The molecule has 0 aliphatic carbocycles. The third-order valence-corrected chi connectivity index (χ3v) is 7.26. The van der Waals surface area contributed by atoms with Gasteiger partial charge in [-0.15, -0.1) is 0 Å². The Morgan fingerprint density at radius 2 is 1.71 bits per heavy atom. The molecule has 2 rings (SSSR count). The largest absolute Gasteiger partial charge is 0.351 e. The van der Waals surface area contributed by atoms with E-state index in [2.05, 4.69) is 10.0 Å². The minimum absolute atomic E-state index is 0.000255. The lowest BCUT2D eigenvalue weighted by atomic mass is 10.1. The lowest BCUT2D eigenvalue weighted by Gasteiger charge is -2.12. The number of hydrogen-bond acceptors (Lipinski definition) is 5. The number of anilines is 1. The van der Waals surface area contributed by atoms with Crippen LogP contribution in [0.15, 0.2) is 47.4 Å². The van der Waals surface area contributed by atoms with Crippen LogP contribution in [0.25, 0.3) is 0 Å². The summed E-state index contributed by atoms with van der Waals surface area (Å²) < 4.78 is 50.9. The predicted octanol–water partition coefficient (Wildman–Crippen LogP) is 2.27. The predicted molar refractivity (Wildman–Crippen MR) is 110 cm³/mol. The van der Waals surface area contributed by atoms with E-state index in [-0.39, 0.29) is 28.5 Å². The van der Waals surface area contributed by atoms with Gasteiger partial charge in [-0.1, -0.05) is 25.1 Å². The summed E-state index contributed by atoms with van der Waals surface area (Å²) in [4.78, 5) is 12.4. The van der Waals surface area contributed by atoms with E-state index in [1.807, 2.05) is 13.0 Å².